The van der Waals surface area contributed by atoms with E-state index in [4.69, 9.17) is 5.73 Å². The fourth-order valence-corrected chi connectivity index (χ4v) is 2.95. The van der Waals surface area contributed by atoms with Crippen LogP contribution in [0, 0.1) is 0 Å². The quantitative estimate of drug-likeness (QED) is 0.716. The average molecular weight is 305 g/mol. The Balaban J connectivity index is 2.12. The van der Waals surface area contributed by atoms with Crippen molar-refractivity contribution in [1.82, 2.24) is 4.72 Å². The Morgan fingerprint density at radius 3 is 2.38 bits per heavy atom. The minimum absolute atomic E-state index is 0.258. The lowest BCUT2D eigenvalue weighted by molar-refractivity contribution is 0.581. The summed E-state index contributed by atoms with van der Waals surface area (Å²) in [5, 5.41) is 3.17. The van der Waals surface area contributed by atoms with Gasteiger partial charge in [-0.3, -0.25) is 0 Å². The van der Waals surface area contributed by atoms with Crippen molar-refractivity contribution in [2.24, 2.45) is 0 Å². The summed E-state index contributed by atoms with van der Waals surface area (Å²) in [6.07, 6.45) is 0.758. The van der Waals surface area contributed by atoms with Gasteiger partial charge in [0.1, 0.15) is 0 Å². The summed E-state index contributed by atoms with van der Waals surface area (Å²) in [7, 11) is -3.42. The molecule has 2 aromatic rings. The number of nitrogen functional groups attached to an aromatic ring is 1. The van der Waals surface area contributed by atoms with Gasteiger partial charge in [0.2, 0.25) is 10.0 Å². The number of nitrogens with two attached hydrogens (primary N) is 1. The number of anilines is 3. The summed E-state index contributed by atoms with van der Waals surface area (Å²) in [6.45, 7) is 2.35. The molecule has 0 saturated carbocycles. The van der Waals surface area contributed by atoms with E-state index >= 15 is 0 Å². The minimum atomic E-state index is -3.42. The van der Waals surface area contributed by atoms with Gasteiger partial charge in [0.25, 0.3) is 0 Å². The van der Waals surface area contributed by atoms with Gasteiger partial charge in [0.05, 0.1) is 4.90 Å². The highest BCUT2D eigenvalue weighted by atomic mass is 32.2. The van der Waals surface area contributed by atoms with Gasteiger partial charge in [-0.05, 0) is 48.9 Å². The topological polar surface area (TPSA) is 84.2 Å². The van der Waals surface area contributed by atoms with Crippen molar-refractivity contribution in [2.45, 2.75) is 18.2 Å². The third-order valence-electron chi connectivity index (χ3n) is 2.88. The summed E-state index contributed by atoms with van der Waals surface area (Å²) in [5.74, 6) is 0. The summed E-state index contributed by atoms with van der Waals surface area (Å²) >= 11 is 0. The van der Waals surface area contributed by atoms with Crippen molar-refractivity contribution in [2.75, 3.05) is 17.6 Å². The SMILES string of the molecule is CCCNS(=O)(=O)c1ccc(Nc2cccc(N)c2)cc1. The molecule has 0 fully saturated rings. The molecule has 6 heteroatoms. The van der Waals surface area contributed by atoms with Crippen LogP contribution in [0.5, 0.6) is 0 Å². The van der Waals surface area contributed by atoms with Gasteiger partial charge in [-0.25, -0.2) is 13.1 Å². The first-order valence-corrected chi connectivity index (χ1v) is 8.22. The highest BCUT2D eigenvalue weighted by Gasteiger charge is 2.12. The molecule has 0 bridgehead atoms. The molecular weight excluding hydrogens is 286 g/mol. The molecule has 0 aromatic heterocycles. The number of sulfonamides is 1. The average Bonchev–Trinajstić information content (AvgIpc) is 2.46. The number of rotatable bonds is 6. The van der Waals surface area contributed by atoms with E-state index in [9.17, 15) is 8.42 Å². The highest BCUT2D eigenvalue weighted by molar-refractivity contribution is 7.89. The van der Waals surface area contributed by atoms with Crippen LogP contribution in [0.3, 0.4) is 0 Å². The predicted molar refractivity (Wildman–Crippen MR) is 86.1 cm³/mol. The molecule has 2 rings (SSSR count). The first kappa shape index (κ1) is 15.3. The predicted octanol–water partition coefficient (Wildman–Crippen LogP) is 2.70. The first-order chi connectivity index (χ1) is 10.0. The zero-order valence-corrected chi connectivity index (χ0v) is 12.7. The van der Waals surface area contributed by atoms with Crippen LogP contribution in [0.25, 0.3) is 0 Å². The lowest BCUT2D eigenvalue weighted by atomic mass is 10.2. The van der Waals surface area contributed by atoms with E-state index in [1.807, 2.05) is 25.1 Å². The van der Waals surface area contributed by atoms with Crippen LogP contribution in [0.1, 0.15) is 13.3 Å². The number of nitrogens with one attached hydrogen (secondary N) is 2. The maximum atomic E-state index is 12.0. The Morgan fingerprint density at radius 2 is 1.76 bits per heavy atom. The molecule has 0 unspecified atom stereocenters. The molecule has 0 saturated heterocycles. The van der Waals surface area contributed by atoms with Gasteiger partial charge in [-0.15, -0.1) is 0 Å². The largest absolute Gasteiger partial charge is 0.399 e. The molecule has 112 valence electrons. The van der Waals surface area contributed by atoms with Gasteiger partial charge >= 0.3 is 0 Å². The van der Waals surface area contributed by atoms with Gasteiger partial charge in [-0.1, -0.05) is 13.0 Å². The summed E-state index contributed by atoms with van der Waals surface area (Å²) in [4.78, 5) is 0.258. The van der Waals surface area contributed by atoms with E-state index in [0.717, 1.165) is 17.8 Å². The molecule has 0 spiro atoms. The second-order valence-electron chi connectivity index (χ2n) is 4.67. The van der Waals surface area contributed by atoms with Crippen LogP contribution >= 0.6 is 0 Å². The Hall–Kier alpha value is -2.05. The van der Waals surface area contributed by atoms with Crippen LogP contribution < -0.4 is 15.8 Å². The molecule has 21 heavy (non-hydrogen) atoms. The number of benzene rings is 2. The second-order valence-corrected chi connectivity index (χ2v) is 6.44. The van der Waals surface area contributed by atoms with E-state index in [2.05, 4.69) is 10.0 Å². The van der Waals surface area contributed by atoms with Crippen molar-refractivity contribution in [3.63, 3.8) is 0 Å². The smallest absolute Gasteiger partial charge is 0.240 e. The summed E-state index contributed by atoms with van der Waals surface area (Å²) < 4.78 is 26.5. The molecule has 0 amide bonds. The van der Waals surface area contributed by atoms with Crippen LogP contribution in [-0.4, -0.2) is 15.0 Å². The van der Waals surface area contributed by atoms with E-state index in [0.29, 0.717) is 12.2 Å². The van der Waals surface area contributed by atoms with Gasteiger partial charge in [0, 0.05) is 23.6 Å². The second kappa shape index (κ2) is 6.60. The first-order valence-electron chi connectivity index (χ1n) is 6.73. The third-order valence-corrected chi connectivity index (χ3v) is 4.36. The summed E-state index contributed by atoms with van der Waals surface area (Å²) in [6, 6.07) is 14.0. The lowest BCUT2D eigenvalue weighted by Gasteiger charge is -2.09. The summed E-state index contributed by atoms with van der Waals surface area (Å²) in [5.41, 5.74) is 8.04. The van der Waals surface area contributed by atoms with E-state index < -0.39 is 10.0 Å². The van der Waals surface area contributed by atoms with Crippen molar-refractivity contribution in [3.05, 3.63) is 48.5 Å². The van der Waals surface area contributed by atoms with Crippen LogP contribution in [-0.2, 0) is 10.0 Å². The molecule has 0 atom stereocenters. The Morgan fingerprint density at radius 1 is 1.05 bits per heavy atom. The van der Waals surface area contributed by atoms with Crippen molar-refractivity contribution >= 4 is 27.1 Å². The standard InChI is InChI=1S/C15H19N3O2S/c1-2-10-17-21(19,20)15-8-6-13(7-9-15)18-14-5-3-4-12(16)11-14/h3-9,11,17-18H,2,10,16H2,1H3. The molecule has 0 aliphatic carbocycles. The van der Waals surface area contributed by atoms with Crippen LogP contribution in [0.4, 0.5) is 17.1 Å². The maximum absolute atomic E-state index is 12.0. The third kappa shape index (κ3) is 4.21. The van der Waals surface area contributed by atoms with Gasteiger partial charge in [-0.2, -0.15) is 0 Å². The molecule has 4 N–H and O–H groups in total. The zero-order valence-electron chi connectivity index (χ0n) is 11.8. The fourth-order valence-electron chi connectivity index (χ4n) is 1.82. The molecule has 0 aliphatic heterocycles. The van der Waals surface area contributed by atoms with Crippen molar-refractivity contribution in [3.8, 4) is 0 Å². The van der Waals surface area contributed by atoms with Crippen LogP contribution in [0.15, 0.2) is 53.4 Å². The molecule has 5 nitrogen and oxygen atoms in total. The van der Waals surface area contributed by atoms with Gasteiger partial charge in [0.15, 0.2) is 0 Å². The van der Waals surface area contributed by atoms with Crippen molar-refractivity contribution in [1.29, 1.82) is 0 Å². The number of hydrogen-bond acceptors (Lipinski definition) is 4. The van der Waals surface area contributed by atoms with Gasteiger partial charge < -0.3 is 11.1 Å². The minimum Gasteiger partial charge on any atom is -0.399 e. The molecule has 0 radical (unpaired) electrons. The van der Waals surface area contributed by atoms with Crippen LogP contribution in [0.2, 0.25) is 0 Å². The van der Waals surface area contributed by atoms with Crippen molar-refractivity contribution < 1.29 is 8.42 Å². The van der Waals surface area contributed by atoms with E-state index in [-0.39, 0.29) is 4.90 Å². The maximum Gasteiger partial charge on any atom is 0.240 e. The molecule has 0 heterocycles. The van der Waals surface area contributed by atoms with E-state index in [1.165, 1.54) is 0 Å². The Bertz CT molecular complexity index is 697. The molecule has 0 aliphatic rings. The molecular formula is C15H19N3O2S. The Labute approximate surface area is 125 Å². The monoisotopic (exact) mass is 305 g/mol. The van der Waals surface area contributed by atoms with E-state index in [1.54, 1.807) is 30.3 Å². The number of hydrogen-bond donors (Lipinski definition) is 3. The Kier molecular flexibility index (Phi) is 4.82. The lowest BCUT2D eigenvalue weighted by Crippen LogP contribution is -2.24. The molecule has 2 aromatic carbocycles. The highest BCUT2D eigenvalue weighted by Crippen LogP contribution is 2.20. The normalized spacial score (nSPS) is 11.3. The zero-order chi connectivity index (χ0) is 15.3. The fraction of sp³-hybridized carbons (Fsp3) is 0.200.